The average Bonchev–Trinajstić information content (AvgIpc) is 3.04. The minimum absolute atomic E-state index is 0.0592. The molecule has 0 aromatic carbocycles. The van der Waals surface area contributed by atoms with E-state index >= 15 is 0 Å². The number of carbonyl (C=O) groups is 3. The highest BCUT2D eigenvalue weighted by molar-refractivity contribution is 6.09. The molecule has 5 heteroatoms. The van der Waals surface area contributed by atoms with Crippen molar-refractivity contribution < 1.29 is 19.5 Å². The molecule has 3 aliphatic rings. The monoisotopic (exact) mass is 237 g/mol. The Kier molecular flexibility index (Phi) is 2.24. The molecule has 92 valence electrons. The van der Waals surface area contributed by atoms with Gasteiger partial charge >= 0.3 is 5.97 Å². The Morgan fingerprint density at radius 1 is 1.12 bits per heavy atom. The van der Waals surface area contributed by atoms with E-state index in [2.05, 4.69) is 0 Å². The summed E-state index contributed by atoms with van der Waals surface area (Å²) in [5.41, 5.74) is 0. The van der Waals surface area contributed by atoms with E-state index in [9.17, 15) is 14.4 Å². The van der Waals surface area contributed by atoms with Crippen LogP contribution >= 0.6 is 0 Å². The number of nitrogens with zero attached hydrogens (tertiary/aromatic N) is 1. The van der Waals surface area contributed by atoms with Crippen LogP contribution in [0, 0.1) is 17.8 Å². The number of fused-ring (bicyclic) bond motifs is 1. The molecule has 0 bridgehead atoms. The fraction of sp³-hybridized carbons (Fsp3) is 0.750. The molecule has 5 nitrogen and oxygen atoms in total. The van der Waals surface area contributed by atoms with E-state index in [1.165, 1.54) is 4.90 Å². The lowest BCUT2D eigenvalue weighted by Gasteiger charge is -2.33. The number of amides is 2. The molecule has 3 rings (SSSR count). The van der Waals surface area contributed by atoms with Gasteiger partial charge in [0.25, 0.3) is 0 Å². The first-order valence-corrected chi connectivity index (χ1v) is 6.19. The van der Waals surface area contributed by atoms with Gasteiger partial charge in [-0.25, -0.2) is 0 Å². The molecule has 0 aromatic rings. The minimum atomic E-state index is -0.807. The average molecular weight is 237 g/mol. The molecule has 1 aliphatic heterocycles. The molecule has 2 amide bonds. The van der Waals surface area contributed by atoms with Gasteiger partial charge in [-0.05, 0) is 25.7 Å². The lowest BCUT2D eigenvalue weighted by molar-refractivity contribution is -0.150. The van der Waals surface area contributed by atoms with Crippen molar-refractivity contribution in [3.8, 4) is 0 Å². The van der Waals surface area contributed by atoms with Crippen LogP contribution in [0.1, 0.15) is 32.1 Å². The molecule has 0 aromatic heterocycles. The van der Waals surface area contributed by atoms with Gasteiger partial charge in [0.2, 0.25) is 11.8 Å². The van der Waals surface area contributed by atoms with Gasteiger partial charge in [0.15, 0.2) is 0 Å². The lowest BCUT2D eigenvalue weighted by atomic mass is 9.85. The maximum atomic E-state index is 11.9. The summed E-state index contributed by atoms with van der Waals surface area (Å²) in [6.07, 6.45) is 3.36. The number of carboxylic acids is 1. The van der Waals surface area contributed by atoms with E-state index in [0.717, 1.165) is 12.8 Å². The number of carboxylic acid groups (broad SMARTS) is 1. The van der Waals surface area contributed by atoms with Crippen LogP contribution in [0.5, 0.6) is 0 Å². The molecule has 1 saturated heterocycles. The highest BCUT2D eigenvalue weighted by atomic mass is 16.4. The summed E-state index contributed by atoms with van der Waals surface area (Å²) in [5.74, 6) is -1.47. The predicted octanol–water partition coefficient (Wildman–Crippen LogP) is 0.635. The van der Waals surface area contributed by atoms with Crippen LogP contribution in [0.15, 0.2) is 0 Å². The Labute approximate surface area is 98.8 Å². The number of likely N-dealkylation sites (tertiary alicyclic amines) is 1. The number of aliphatic carboxylic acids is 1. The lowest BCUT2D eigenvalue weighted by Crippen LogP contribution is -2.45. The number of rotatable bonds is 2. The molecular formula is C12H15NO4. The highest BCUT2D eigenvalue weighted by Crippen LogP contribution is 2.49. The van der Waals surface area contributed by atoms with E-state index in [1.807, 2.05) is 0 Å². The number of piperidine rings is 1. The third kappa shape index (κ3) is 1.56. The first-order valence-electron chi connectivity index (χ1n) is 6.19. The SMILES string of the molecule is O=C(O)C1CCCC(N2C(=O)C3CC3C2=O)C1. The van der Waals surface area contributed by atoms with Crippen LogP contribution in [-0.2, 0) is 14.4 Å². The van der Waals surface area contributed by atoms with E-state index in [0.29, 0.717) is 19.3 Å². The summed E-state index contributed by atoms with van der Waals surface area (Å²) < 4.78 is 0. The van der Waals surface area contributed by atoms with Gasteiger partial charge in [-0.3, -0.25) is 19.3 Å². The van der Waals surface area contributed by atoms with E-state index in [4.69, 9.17) is 5.11 Å². The zero-order valence-electron chi connectivity index (χ0n) is 9.46. The van der Waals surface area contributed by atoms with Crippen LogP contribution in [-0.4, -0.2) is 33.8 Å². The van der Waals surface area contributed by atoms with Crippen molar-refractivity contribution in [1.82, 2.24) is 4.90 Å². The van der Waals surface area contributed by atoms with Crippen LogP contribution in [0.4, 0.5) is 0 Å². The van der Waals surface area contributed by atoms with Crippen molar-refractivity contribution in [1.29, 1.82) is 0 Å². The van der Waals surface area contributed by atoms with Gasteiger partial charge < -0.3 is 5.11 Å². The normalized spacial score (nSPS) is 40.4. The summed E-state index contributed by atoms with van der Waals surface area (Å²) >= 11 is 0. The second-order valence-corrected chi connectivity index (χ2v) is 5.35. The smallest absolute Gasteiger partial charge is 0.306 e. The number of carbonyl (C=O) groups excluding carboxylic acids is 2. The maximum absolute atomic E-state index is 11.9. The Bertz CT molecular complexity index is 385. The second kappa shape index (κ2) is 3.55. The van der Waals surface area contributed by atoms with Crippen molar-refractivity contribution in [2.75, 3.05) is 0 Å². The fourth-order valence-corrected chi connectivity index (χ4v) is 3.19. The van der Waals surface area contributed by atoms with Crippen molar-refractivity contribution in [2.24, 2.45) is 17.8 Å². The Balaban J connectivity index is 1.74. The van der Waals surface area contributed by atoms with E-state index in [-0.39, 0.29) is 29.7 Å². The molecule has 0 radical (unpaired) electrons. The van der Waals surface area contributed by atoms with Gasteiger partial charge in [-0.15, -0.1) is 0 Å². The molecule has 2 saturated carbocycles. The third-order valence-electron chi connectivity index (χ3n) is 4.26. The summed E-state index contributed by atoms with van der Waals surface area (Å²) in [6.45, 7) is 0. The summed E-state index contributed by atoms with van der Waals surface area (Å²) in [5, 5.41) is 9.00. The molecule has 0 spiro atoms. The molecule has 1 N–H and O–H groups in total. The van der Waals surface area contributed by atoms with Gasteiger partial charge in [0.05, 0.1) is 17.8 Å². The summed E-state index contributed by atoms with van der Waals surface area (Å²) in [4.78, 5) is 36.1. The van der Waals surface area contributed by atoms with E-state index in [1.54, 1.807) is 0 Å². The number of hydrogen-bond acceptors (Lipinski definition) is 3. The number of imide groups is 1. The second-order valence-electron chi connectivity index (χ2n) is 5.35. The first kappa shape index (κ1) is 10.7. The van der Waals surface area contributed by atoms with Crippen molar-refractivity contribution >= 4 is 17.8 Å². The molecular weight excluding hydrogens is 222 g/mol. The minimum Gasteiger partial charge on any atom is -0.481 e. The van der Waals surface area contributed by atoms with Crippen LogP contribution < -0.4 is 0 Å². The van der Waals surface area contributed by atoms with Crippen LogP contribution in [0.3, 0.4) is 0 Å². The van der Waals surface area contributed by atoms with Crippen molar-refractivity contribution in [3.63, 3.8) is 0 Å². The van der Waals surface area contributed by atoms with Crippen molar-refractivity contribution in [3.05, 3.63) is 0 Å². The quantitative estimate of drug-likeness (QED) is 0.715. The summed E-state index contributed by atoms with van der Waals surface area (Å²) in [6, 6.07) is -0.169. The van der Waals surface area contributed by atoms with Gasteiger partial charge in [0.1, 0.15) is 0 Å². The molecule has 3 fully saturated rings. The van der Waals surface area contributed by atoms with E-state index < -0.39 is 11.9 Å². The van der Waals surface area contributed by atoms with Crippen LogP contribution in [0.2, 0.25) is 0 Å². The molecule has 17 heavy (non-hydrogen) atoms. The molecule has 4 atom stereocenters. The maximum Gasteiger partial charge on any atom is 0.306 e. The highest BCUT2D eigenvalue weighted by Gasteiger charge is 2.60. The molecule has 1 heterocycles. The third-order valence-corrected chi connectivity index (χ3v) is 4.26. The van der Waals surface area contributed by atoms with Gasteiger partial charge in [-0.2, -0.15) is 0 Å². The van der Waals surface area contributed by atoms with Crippen molar-refractivity contribution in [2.45, 2.75) is 38.1 Å². The number of hydrogen-bond donors (Lipinski definition) is 1. The fourth-order valence-electron chi connectivity index (χ4n) is 3.19. The van der Waals surface area contributed by atoms with Crippen LogP contribution in [0.25, 0.3) is 0 Å². The Morgan fingerprint density at radius 3 is 2.35 bits per heavy atom. The first-order chi connectivity index (χ1) is 8.09. The standard InChI is InChI=1S/C12H15NO4/c14-10-8-5-9(8)11(15)13(10)7-3-1-2-6(4-7)12(16)17/h6-9H,1-5H2,(H,16,17). The molecule has 4 unspecified atom stereocenters. The molecule has 2 aliphatic carbocycles. The Morgan fingerprint density at radius 2 is 1.76 bits per heavy atom. The zero-order chi connectivity index (χ0) is 12.2. The predicted molar refractivity (Wildman–Crippen MR) is 56.8 cm³/mol. The van der Waals surface area contributed by atoms with Gasteiger partial charge in [0, 0.05) is 6.04 Å². The Hall–Kier alpha value is -1.39. The zero-order valence-corrected chi connectivity index (χ0v) is 9.46. The summed E-state index contributed by atoms with van der Waals surface area (Å²) in [7, 11) is 0. The van der Waals surface area contributed by atoms with Gasteiger partial charge in [-0.1, -0.05) is 6.42 Å². The topological polar surface area (TPSA) is 74.7 Å². The largest absolute Gasteiger partial charge is 0.481 e.